The van der Waals surface area contributed by atoms with Crippen LogP contribution in [0.2, 0.25) is 0 Å². The molecule has 118 valence electrons. The van der Waals surface area contributed by atoms with Crippen LogP contribution >= 0.6 is 0 Å². The zero-order valence-electron chi connectivity index (χ0n) is 11.8. The lowest BCUT2D eigenvalue weighted by Crippen LogP contribution is -2.35. The van der Waals surface area contributed by atoms with Crippen molar-refractivity contribution in [3.05, 3.63) is 24.0 Å². The van der Waals surface area contributed by atoms with E-state index in [9.17, 15) is 17.9 Å². The van der Waals surface area contributed by atoms with Crippen molar-refractivity contribution >= 4 is 15.7 Å². The Balaban J connectivity index is 2.09. The number of nitrogen functional groups attached to an aromatic ring is 1. The normalized spacial score (nSPS) is 23.1. The van der Waals surface area contributed by atoms with Crippen LogP contribution in [0.4, 0.5) is 10.1 Å². The zero-order chi connectivity index (χ0) is 15.5. The lowest BCUT2D eigenvalue weighted by molar-refractivity contribution is 0.136. The maximum Gasteiger partial charge on any atom is 0.243 e. The number of hydrogen-bond donors (Lipinski definition) is 3. The lowest BCUT2D eigenvalue weighted by atomic mass is 9.80. The average molecular weight is 316 g/mol. The van der Waals surface area contributed by atoms with Crippen LogP contribution in [0, 0.1) is 17.7 Å². The van der Waals surface area contributed by atoms with Crippen LogP contribution in [-0.4, -0.2) is 26.7 Å². The van der Waals surface area contributed by atoms with Crippen LogP contribution in [0.25, 0.3) is 0 Å². The maximum absolute atomic E-state index is 13.7. The third-order valence-corrected chi connectivity index (χ3v) is 5.52. The Morgan fingerprint density at radius 2 is 1.95 bits per heavy atom. The Kier molecular flexibility index (Phi) is 5.18. The van der Waals surface area contributed by atoms with Crippen molar-refractivity contribution in [3.8, 4) is 0 Å². The number of anilines is 1. The molecule has 2 unspecified atom stereocenters. The number of benzene rings is 1. The van der Waals surface area contributed by atoms with Gasteiger partial charge in [0.2, 0.25) is 10.0 Å². The van der Waals surface area contributed by atoms with E-state index in [0.717, 1.165) is 37.8 Å². The van der Waals surface area contributed by atoms with Crippen molar-refractivity contribution in [2.75, 3.05) is 18.9 Å². The second kappa shape index (κ2) is 6.72. The van der Waals surface area contributed by atoms with Crippen molar-refractivity contribution in [2.24, 2.45) is 11.8 Å². The summed E-state index contributed by atoms with van der Waals surface area (Å²) in [7, 11) is -3.93. The molecular formula is C14H21FN2O3S. The molecule has 1 aliphatic carbocycles. The molecule has 1 aromatic carbocycles. The van der Waals surface area contributed by atoms with E-state index in [1.54, 1.807) is 0 Å². The van der Waals surface area contributed by atoms with Gasteiger partial charge in [-0.05, 0) is 42.9 Å². The quantitative estimate of drug-likeness (QED) is 0.718. The minimum absolute atomic E-state index is 0.0546. The minimum atomic E-state index is -3.93. The van der Waals surface area contributed by atoms with Crippen LogP contribution in [0.3, 0.4) is 0 Å². The van der Waals surface area contributed by atoms with Gasteiger partial charge in [0.25, 0.3) is 0 Å². The molecule has 2 atom stereocenters. The molecule has 5 nitrogen and oxygen atoms in total. The van der Waals surface area contributed by atoms with Gasteiger partial charge in [0.1, 0.15) is 10.7 Å². The molecule has 0 saturated heterocycles. The molecule has 4 N–H and O–H groups in total. The molecule has 0 aliphatic heterocycles. The highest BCUT2D eigenvalue weighted by Crippen LogP contribution is 2.29. The van der Waals surface area contributed by atoms with Gasteiger partial charge in [0.05, 0.1) is 0 Å². The van der Waals surface area contributed by atoms with Crippen LogP contribution in [0.5, 0.6) is 0 Å². The highest BCUT2D eigenvalue weighted by Gasteiger charge is 2.27. The summed E-state index contributed by atoms with van der Waals surface area (Å²) in [4.78, 5) is -0.432. The van der Waals surface area contributed by atoms with E-state index in [4.69, 9.17) is 5.73 Å². The summed E-state index contributed by atoms with van der Waals surface area (Å²) in [5.41, 5.74) is 5.71. The topological polar surface area (TPSA) is 92.4 Å². The monoisotopic (exact) mass is 316 g/mol. The maximum atomic E-state index is 13.7. The molecule has 1 aliphatic rings. The SMILES string of the molecule is Nc1ccc(F)c(S(=O)(=O)NCC2CCCCC2CO)c1. The smallest absolute Gasteiger partial charge is 0.243 e. The summed E-state index contributed by atoms with van der Waals surface area (Å²) in [6.45, 7) is 0.265. The van der Waals surface area contributed by atoms with E-state index in [2.05, 4.69) is 4.72 Å². The largest absolute Gasteiger partial charge is 0.399 e. The summed E-state index contributed by atoms with van der Waals surface area (Å²) < 4.78 is 40.4. The number of hydrogen-bond acceptors (Lipinski definition) is 4. The second-order valence-corrected chi connectivity index (χ2v) is 7.26. The summed E-state index contributed by atoms with van der Waals surface area (Å²) >= 11 is 0. The predicted molar refractivity (Wildman–Crippen MR) is 78.5 cm³/mol. The fraction of sp³-hybridized carbons (Fsp3) is 0.571. The van der Waals surface area contributed by atoms with E-state index < -0.39 is 20.7 Å². The van der Waals surface area contributed by atoms with Crippen LogP contribution in [0.1, 0.15) is 25.7 Å². The van der Waals surface area contributed by atoms with Gasteiger partial charge < -0.3 is 10.8 Å². The highest BCUT2D eigenvalue weighted by molar-refractivity contribution is 7.89. The Morgan fingerprint density at radius 1 is 1.29 bits per heavy atom. The molecule has 0 amide bonds. The number of nitrogens with two attached hydrogens (primary N) is 1. The third-order valence-electron chi connectivity index (χ3n) is 4.08. The first kappa shape index (κ1) is 16.2. The molecule has 7 heteroatoms. The molecule has 0 spiro atoms. The first-order chi connectivity index (χ1) is 9.94. The fourth-order valence-electron chi connectivity index (χ4n) is 2.81. The molecule has 21 heavy (non-hydrogen) atoms. The third kappa shape index (κ3) is 3.93. The summed E-state index contributed by atoms with van der Waals surface area (Å²) in [5, 5.41) is 9.33. The van der Waals surface area contributed by atoms with E-state index in [1.807, 2.05) is 0 Å². The van der Waals surface area contributed by atoms with Gasteiger partial charge in [0, 0.05) is 18.8 Å². The summed E-state index contributed by atoms with van der Waals surface area (Å²) in [6, 6.07) is 3.47. The molecule has 1 aromatic rings. The molecule has 0 aromatic heterocycles. The molecule has 0 bridgehead atoms. The first-order valence-corrected chi connectivity index (χ1v) is 8.58. The second-order valence-electron chi connectivity index (χ2n) is 5.53. The predicted octanol–water partition coefficient (Wildman–Crippen LogP) is 1.48. The Morgan fingerprint density at radius 3 is 2.62 bits per heavy atom. The highest BCUT2D eigenvalue weighted by atomic mass is 32.2. The molecule has 1 saturated carbocycles. The standard InChI is InChI=1S/C14H21FN2O3S/c15-13-6-5-12(16)7-14(13)21(19,20)17-8-10-3-1-2-4-11(10)9-18/h5-7,10-11,17-18H,1-4,8-9,16H2. The zero-order valence-corrected chi connectivity index (χ0v) is 12.6. The van der Waals surface area contributed by atoms with Gasteiger partial charge in [-0.25, -0.2) is 17.5 Å². The van der Waals surface area contributed by atoms with Gasteiger partial charge >= 0.3 is 0 Å². The number of sulfonamides is 1. The van der Waals surface area contributed by atoms with Gasteiger partial charge in [-0.15, -0.1) is 0 Å². The van der Waals surface area contributed by atoms with Crippen LogP contribution < -0.4 is 10.5 Å². The summed E-state index contributed by atoms with van der Waals surface area (Å²) in [6.07, 6.45) is 3.84. The Hall–Kier alpha value is -1.18. The fourth-order valence-corrected chi connectivity index (χ4v) is 4.02. The average Bonchev–Trinajstić information content (AvgIpc) is 2.48. The van der Waals surface area contributed by atoms with Gasteiger partial charge in [0.15, 0.2) is 0 Å². The number of nitrogens with one attached hydrogen (secondary N) is 1. The minimum Gasteiger partial charge on any atom is -0.399 e. The first-order valence-electron chi connectivity index (χ1n) is 7.09. The number of aliphatic hydroxyl groups excluding tert-OH is 1. The number of halogens is 1. The van der Waals surface area contributed by atoms with Crippen molar-refractivity contribution in [2.45, 2.75) is 30.6 Å². The molecule has 2 rings (SSSR count). The Bertz CT molecular complexity index is 592. The summed E-state index contributed by atoms with van der Waals surface area (Å²) in [5.74, 6) is -0.631. The molecule has 1 fully saturated rings. The van der Waals surface area contributed by atoms with Gasteiger partial charge in [-0.2, -0.15) is 0 Å². The van der Waals surface area contributed by atoms with E-state index in [-0.39, 0.29) is 30.7 Å². The van der Waals surface area contributed by atoms with Crippen molar-refractivity contribution in [1.82, 2.24) is 4.72 Å². The van der Waals surface area contributed by atoms with Crippen molar-refractivity contribution < 1.29 is 17.9 Å². The molecule has 0 heterocycles. The lowest BCUT2D eigenvalue weighted by Gasteiger charge is -2.30. The van der Waals surface area contributed by atoms with Crippen LogP contribution in [0.15, 0.2) is 23.1 Å². The van der Waals surface area contributed by atoms with Crippen LogP contribution in [-0.2, 0) is 10.0 Å². The molecular weight excluding hydrogens is 295 g/mol. The van der Waals surface area contributed by atoms with Gasteiger partial charge in [-0.1, -0.05) is 12.8 Å². The molecule has 0 radical (unpaired) electrons. The van der Waals surface area contributed by atoms with E-state index >= 15 is 0 Å². The number of rotatable bonds is 5. The van der Waals surface area contributed by atoms with E-state index in [0.29, 0.717) is 0 Å². The van der Waals surface area contributed by atoms with Crippen molar-refractivity contribution in [3.63, 3.8) is 0 Å². The van der Waals surface area contributed by atoms with E-state index in [1.165, 1.54) is 6.07 Å². The number of aliphatic hydroxyl groups is 1. The Labute approximate surface area is 124 Å². The van der Waals surface area contributed by atoms with Gasteiger partial charge in [-0.3, -0.25) is 0 Å². The van der Waals surface area contributed by atoms with Crippen molar-refractivity contribution in [1.29, 1.82) is 0 Å².